The molecule has 1 saturated heterocycles. The van der Waals surface area contributed by atoms with Gasteiger partial charge >= 0.3 is 0 Å². The second-order valence-corrected chi connectivity index (χ2v) is 11.1. The van der Waals surface area contributed by atoms with E-state index in [1.165, 1.54) is 16.5 Å². The summed E-state index contributed by atoms with van der Waals surface area (Å²) >= 11 is 0. The van der Waals surface area contributed by atoms with Crippen molar-refractivity contribution in [3.8, 4) is 0 Å². The van der Waals surface area contributed by atoms with Crippen molar-refractivity contribution >= 4 is 26.7 Å². The van der Waals surface area contributed by atoms with Crippen molar-refractivity contribution in [2.24, 2.45) is 0 Å². The van der Waals surface area contributed by atoms with Gasteiger partial charge in [0.05, 0.1) is 16.9 Å². The van der Waals surface area contributed by atoms with E-state index in [0.717, 1.165) is 11.1 Å². The summed E-state index contributed by atoms with van der Waals surface area (Å²) in [7, 11) is -3.20. The van der Waals surface area contributed by atoms with Crippen LogP contribution in [0.2, 0.25) is 0 Å². The molecule has 1 amide bonds. The van der Waals surface area contributed by atoms with Crippen LogP contribution >= 0.6 is 0 Å². The molecule has 2 aromatic carbocycles. The first-order chi connectivity index (χ1) is 15.1. The van der Waals surface area contributed by atoms with E-state index in [9.17, 15) is 18.0 Å². The topological polar surface area (TPSA) is 84.7 Å². The molecule has 0 saturated carbocycles. The summed E-state index contributed by atoms with van der Waals surface area (Å²) in [5.74, 6) is -0.194. The first-order valence-corrected chi connectivity index (χ1v) is 12.6. The standard InChI is InChI=1S/C25H27NO5S/c1-16(2)19-7-5-18(6-8-19)14-26(20-10-11-32(29,30)15-20)25(28)24-13-22(27)21-12-17(3)4-9-23(21)31-24/h4-9,12-13,16,20H,10-11,14-15H2,1-3H3/t20-/m0/s1. The number of hydrogen-bond donors (Lipinski definition) is 0. The lowest BCUT2D eigenvalue weighted by atomic mass is 10.0. The van der Waals surface area contributed by atoms with Crippen molar-refractivity contribution in [2.45, 2.75) is 45.7 Å². The fourth-order valence-corrected chi connectivity index (χ4v) is 5.84. The lowest BCUT2D eigenvalue weighted by molar-refractivity contribution is 0.0648. The van der Waals surface area contributed by atoms with E-state index >= 15 is 0 Å². The van der Waals surface area contributed by atoms with Gasteiger partial charge in [0.25, 0.3) is 5.91 Å². The molecular formula is C25H27NO5S. The quantitative estimate of drug-likeness (QED) is 0.582. The summed E-state index contributed by atoms with van der Waals surface area (Å²) in [6.07, 6.45) is 0.370. The molecule has 3 aromatic rings. The molecule has 7 heteroatoms. The maximum Gasteiger partial charge on any atom is 0.290 e. The molecule has 0 N–H and O–H groups in total. The number of carbonyl (C=O) groups excluding carboxylic acids is 1. The van der Waals surface area contributed by atoms with Crippen LogP contribution in [0.1, 0.15) is 53.4 Å². The molecule has 32 heavy (non-hydrogen) atoms. The molecule has 0 aliphatic carbocycles. The zero-order valence-electron chi connectivity index (χ0n) is 18.5. The highest BCUT2D eigenvalue weighted by Gasteiger charge is 2.36. The Kier molecular flexibility index (Phi) is 5.95. The molecule has 1 atom stereocenters. The normalized spacial score (nSPS) is 17.7. The summed E-state index contributed by atoms with van der Waals surface area (Å²) < 4.78 is 30.1. The molecule has 0 unspecified atom stereocenters. The number of nitrogens with zero attached hydrogens (tertiary/aromatic N) is 1. The number of fused-ring (bicyclic) bond motifs is 1. The molecule has 0 bridgehead atoms. The van der Waals surface area contributed by atoms with Crippen molar-refractivity contribution in [3.05, 3.63) is 81.2 Å². The van der Waals surface area contributed by atoms with Gasteiger partial charge in [0.15, 0.2) is 21.0 Å². The molecule has 0 radical (unpaired) electrons. The van der Waals surface area contributed by atoms with E-state index in [2.05, 4.69) is 13.8 Å². The van der Waals surface area contributed by atoms with Crippen LogP contribution < -0.4 is 5.43 Å². The highest BCUT2D eigenvalue weighted by atomic mass is 32.2. The minimum atomic E-state index is -3.20. The Balaban J connectivity index is 1.70. The summed E-state index contributed by atoms with van der Waals surface area (Å²) in [5, 5.41) is 0.417. The van der Waals surface area contributed by atoms with Gasteiger partial charge in [-0.2, -0.15) is 0 Å². The van der Waals surface area contributed by atoms with Crippen LogP contribution in [0.5, 0.6) is 0 Å². The van der Waals surface area contributed by atoms with Gasteiger partial charge in [-0.25, -0.2) is 8.42 Å². The molecule has 6 nitrogen and oxygen atoms in total. The maximum atomic E-state index is 13.5. The van der Waals surface area contributed by atoms with E-state index < -0.39 is 21.8 Å². The van der Waals surface area contributed by atoms with E-state index in [1.54, 1.807) is 12.1 Å². The summed E-state index contributed by atoms with van der Waals surface area (Å²) in [6, 6.07) is 13.9. The molecule has 4 rings (SSSR count). The van der Waals surface area contributed by atoms with Crippen molar-refractivity contribution in [1.82, 2.24) is 4.90 Å². The van der Waals surface area contributed by atoms with Gasteiger partial charge in [-0.05, 0) is 42.5 Å². The number of hydrogen-bond acceptors (Lipinski definition) is 5. The third-order valence-corrected chi connectivity index (χ3v) is 7.75. The molecule has 1 aliphatic rings. The van der Waals surface area contributed by atoms with Gasteiger partial charge in [0, 0.05) is 18.7 Å². The van der Waals surface area contributed by atoms with Gasteiger partial charge < -0.3 is 9.32 Å². The summed E-state index contributed by atoms with van der Waals surface area (Å²) in [5.41, 5.74) is 3.05. The van der Waals surface area contributed by atoms with Gasteiger partial charge in [-0.15, -0.1) is 0 Å². The molecule has 1 aliphatic heterocycles. The lowest BCUT2D eigenvalue weighted by Gasteiger charge is -2.28. The third-order valence-electron chi connectivity index (χ3n) is 6.00. The highest BCUT2D eigenvalue weighted by molar-refractivity contribution is 7.91. The first-order valence-electron chi connectivity index (χ1n) is 10.8. The third kappa shape index (κ3) is 4.63. The average molecular weight is 454 g/mol. The number of benzene rings is 2. The maximum absolute atomic E-state index is 13.5. The minimum Gasteiger partial charge on any atom is -0.451 e. The smallest absolute Gasteiger partial charge is 0.290 e. The fourth-order valence-electron chi connectivity index (χ4n) is 4.11. The number of carbonyl (C=O) groups is 1. The van der Waals surface area contributed by atoms with Crippen LogP contribution in [0.15, 0.2) is 57.7 Å². The Morgan fingerprint density at radius 2 is 1.84 bits per heavy atom. The van der Waals surface area contributed by atoms with Gasteiger partial charge in [0.1, 0.15) is 5.58 Å². The lowest BCUT2D eigenvalue weighted by Crippen LogP contribution is -2.40. The predicted molar refractivity (Wildman–Crippen MR) is 125 cm³/mol. The molecule has 1 fully saturated rings. The van der Waals surface area contributed by atoms with Crippen molar-refractivity contribution in [1.29, 1.82) is 0 Å². The predicted octanol–water partition coefficient (Wildman–Crippen LogP) is 4.05. The van der Waals surface area contributed by atoms with Crippen LogP contribution in [-0.4, -0.2) is 36.8 Å². The highest BCUT2D eigenvalue weighted by Crippen LogP contribution is 2.24. The van der Waals surface area contributed by atoms with Crippen LogP contribution in [0.25, 0.3) is 11.0 Å². The monoisotopic (exact) mass is 453 g/mol. The Morgan fingerprint density at radius 1 is 1.12 bits per heavy atom. The van der Waals surface area contributed by atoms with Crippen LogP contribution in [0.3, 0.4) is 0 Å². The van der Waals surface area contributed by atoms with Crippen molar-refractivity contribution < 1.29 is 17.6 Å². The minimum absolute atomic E-state index is 0.0503. The average Bonchev–Trinajstić information content (AvgIpc) is 3.11. The molecule has 168 valence electrons. The Morgan fingerprint density at radius 3 is 2.47 bits per heavy atom. The molecule has 1 aromatic heterocycles. The second-order valence-electron chi connectivity index (χ2n) is 8.86. The van der Waals surface area contributed by atoms with Crippen LogP contribution in [0.4, 0.5) is 0 Å². The van der Waals surface area contributed by atoms with Crippen LogP contribution in [0, 0.1) is 6.92 Å². The molecular weight excluding hydrogens is 426 g/mol. The van der Waals surface area contributed by atoms with E-state index in [1.807, 2.05) is 37.3 Å². The van der Waals surface area contributed by atoms with Crippen molar-refractivity contribution in [2.75, 3.05) is 11.5 Å². The van der Waals surface area contributed by atoms with Crippen molar-refractivity contribution in [3.63, 3.8) is 0 Å². The number of rotatable bonds is 5. The zero-order chi connectivity index (χ0) is 23.0. The Hall–Kier alpha value is -2.93. The Bertz CT molecular complexity index is 1320. The first kappa shape index (κ1) is 22.3. The van der Waals surface area contributed by atoms with E-state index in [-0.39, 0.29) is 29.2 Å². The van der Waals surface area contributed by atoms with E-state index in [0.29, 0.717) is 23.3 Å². The number of aryl methyl sites for hydroxylation is 1. The number of amides is 1. The second kappa shape index (κ2) is 8.54. The summed E-state index contributed by atoms with van der Waals surface area (Å²) in [4.78, 5) is 27.7. The summed E-state index contributed by atoms with van der Waals surface area (Å²) in [6.45, 7) is 6.34. The van der Waals surface area contributed by atoms with Crippen LogP contribution in [-0.2, 0) is 16.4 Å². The molecule has 0 spiro atoms. The SMILES string of the molecule is Cc1ccc2oc(C(=O)N(Cc3ccc(C(C)C)cc3)[C@H]3CCS(=O)(=O)C3)cc(=O)c2c1. The van der Waals surface area contributed by atoms with E-state index in [4.69, 9.17) is 4.42 Å². The van der Waals surface area contributed by atoms with Gasteiger partial charge in [-0.3, -0.25) is 9.59 Å². The zero-order valence-corrected chi connectivity index (χ0v) is 19.3. The fraction of sp³-hybridized carbons (Fsp3) is 0.360. The largest absolute Gasteiger partial charge is 0.451 e. The van der Waals surface area contributed by atoms with Gasteiger partial charge in [0.2, 0.25) is 0 Å². The van der Waals surface area contributed by atoms with Gasteiger partial charge in [-0.1, -0.05) is 49.7 Å². The molecule has 2 heterocycles. The number of sulfone groups is 1. The Labute approximate surface area is 187 Å².